The second kappa shape index (κ2) is 7.90. The summed E-state index contributed by atoms with van der Waals surface area (Å²) in [5, 5.41) is 3.66. The highest BCUT2D eigenvalue weighted by atomic mass is 35.5. The summed E-state index contributed by atoms with van der Waals surface area (Å²) in [5.41, 5.74) is 0.752. The number of para-hydroxylation sites is 1. The number of nitrogens with one attached hydrogen (secondary N) is 1. The Morgan fingerprint density at radius 2 is 1.89 bits per heavy atom. The first kappa shape index (κ1) is 19.7. The number of hydrogen-bond acceptors (Lipinski definition) is 4. The maximum absolute atomic E-state index is 12.7. The highest BCUT2D eigenvalue weighted by molar-refractivity contribution is 6.31. The van der Waals surface area contributed by atoms with E-state index < -0.39 is 11.6 Å². The average molecular weight is 402 g/mol. The molecule has 0 atom stereocenters. The molecule has 8 heteroatoms. The summed E-state index contributed by atoms with van der Waals surface area (Å²) in [6, 6.07) is 10.1. The van der Waals surface area contributed by atoms with Crippen LogP contribution in [0.25, 0.3) is 10.9 Å². The maximum Gasteiger partial charge on any atom is 0.331 e. The van der Waals surface area contributed by atoms with Crippen molar-refractivity contribution < 1.29 is 9.53 Å². The van der Waals surface area contributed by atoms with Crippen molar-refractivity contribution in [3.05, 3.63) is 67.8 Å². The van der Waals surface area contributed by atoms with Crippen molar-refractivity contribution in [3.63, 3.8) is 0 Å². The van der Waals surface area contributed by atoms with Crippen LogP contribution in [0.15, 0.2) is 46.0 Å². The molecule has 1 amide bonds. The predicted octanol–water partition coefficient (Wildman–Crippen LogP) is 2.79. The monoisotopic (exact) mass is 401 g/mol. The minimum absolute atomic E-state index is 0.217. The van der Waals surface area contributed by atoms with Crippen LogP contribution in [0.3, 0.4) is 0 Å². The van der Waals surface area contributed by atoms with Crippen molar-refractivity contribution in [2.45, 2.75) is 26.9 Å². The molecular weight excluding hydrogens is 382 g/mol. The molecule has 3 aromatic rings. The maximum atomic E-state index is 12.7. The van der Waals surface area contributed by atoms with Crippen LogP contribution in [0.4, 0.5) is 5.69 Å². The number of aryl methyl sites for hydroxylation is 1. The number of rotatable bonds is 5. The van der Waals surface area contributed by atoms with Gasteiger partial charge in [-0.05, 0) is 37.6 Å². The summed E-state index contributed by atoms with van der Waals surface area (Å²) in [4.78, 5) is 37.9. The number of fused-ring (bicyclic) bond motifs is 1. The third kappa shape index (κ3) is 3.53. The van der Waals surface area contributed by atoms with Crippen LogP contribution in [0, 0.1) is 6.92 Å². The highest BCUT2D eigenvalue weighted by Crippen LogP contribution is 2.30. The third-order valence-electron chi connectivity index (χ3n) is 4.51. The van der Waals surface area contributed by atoms with Crippen LogP contribution < -0.4 is 21.3 Å². The number of benzene rings is 2. The summed E-state index contributed by atoms with van der Waals surface area (Å²) in [5.74, 6) is -0.00624. The van der Waals surface area contributed by atoms with Gasteiger partial charge in [0.15, 0.2) is 0 Å². The first-order chi connectivity index (χ1) is 13.4. The third-order valence-corrected chi connectivity index (χ3v) is 4.91. The topological polar surface area (TPSA) is 82.3 Å². The molecule has 1 N–H and O–H groups in total. The first-order valence-corrected chi connectivity index (χ1v) is 9.11. The molecule has 146 valence electrons. The van der Waals surface area contributed by atoms with Gasteiger partial charge in [0.2, 0.25) is 5.91 Å². The van der Waals surface area contributed by atoms with Crippen molar-refractivity contribution in [1.29, 1.82) is 0 Å². The van der Waals surface area contributed by atoms with Crippen LogP contribution in [0.5, 0.6) is 5.75 Å². The summed E-state index contributed by atoms with van der Waals surface area (Å²) >= 11 is 6.09. The molecule has 0 aliphatic heterocycles. The lowest BCUT2D eigenvalue weighted by Gasteiger charge is -2.15. The van der Waals surface area contributed by atoms with Gasteiger partial charge in [-0.25, -0.2) is 4.79 Å². The molecule has 0 spiro atoms. The molecule has 0 fully saturated rings. The first-order valence-electron chi connectivity index (χ1n) is 8.73. The molecule has 0 radical (unpaired) electrons. The van der Waals surface area contributed by atoms with E-state index in [1.807, 2.05) is 6.92 Å². The molecular formula is C20H20ClN3O4. The largest absolute Gasteiger partial charge is 0.495 e. The zero-order valence-electron chi connectivity index (χ0n) is 15.8. The van der Waals surface area contributed by atoms with E-state index in [-0.39, 0.29) is 18.6 Å². The SMILES string of the molecule is CCn1c(=O)c2ccccc2n(CC(=O)Nc2cc(C)c(Cl)cc2OC)c1=O. The number of carbonyl (C=O) groups is 1. The van der Waals surface area contributed by atoms with Crippen LogP contribution >= 0.6 is 11.6 Å². The summed E-state index contributed by atoms with van der Waals surface area (Å²) < 4.78 is 7.68. The van der Waals surface area contributed by atoms with Gasteiger partial charge in [-0.3, -0.25) is 18.7 Å². The zero-order chi connectivity index (χ0) is 20.4. The second-order valence-corrected chi connectivity index (χ2v) is 6.69. The Balaban J connectivity index is 2.02. The number of amides is 1. The Kier molecular flexibility index (Phi) is 5.56. The number of methoxy groups -OCH3 is 1. The fourth-order valence-corrected chi connectivity index (χ4v) is 3.22. The number of nitrogens with zero attached hydrogens (tertiary/aromatic N) is 2. The number of halogens is 1. The molecule has 0 aliphatic rings. The smallest absolute Gasteiger partial charge is 0.331 e. The minimum Gasteiger partial charge on any atom is -0.495 e. The molecule has 1 heterocycles. The van der Waals surface area contributed by atoms with Crippen molar-refractivity contribution in [3.8, 4) is 5.75 Å². The molecule has 0 bridgehead atoms. The molecule has 7 nitrogen and oxygen atoms in total. The molecule has 0 saturated carbocycles. The van der Waals surface area contributed by atoms with Crippen LogP contribution in [-0.2, 0) is 17.9 Å². The van der Waals surface area contributed by atoms with E-state index in [2.05, 4.69) is 5.32 Å². The molecule has 28 heavy (non-hydrogen) atoms. The number of anilines is 1. The van der Waals surface area contributed by atoms with E-state index in [9.17, 15) is 14.4 Å². The Hall–Kier alpha value is -3.06. The number of ether oxygens (including phenoxy) is 1. The van der Waals surface area contributed by atoms with E-state index in [0.29, 0.717) is 27.4 Å². The van der Waals surface area contributed by atoms with Crippen molar-refractivity contribution >= 4 is 34.1 Å². The van der Waals surface area contributed by atoms with Crippen molar-refractivity contribution in [2.24, 2.45) is 0 Å². The lowest BCUT2D eigenvalue weighted by atomic mass is 10.2. The van der Waals surface area contributed by atoms with E-state index >= 15 is 0 Å². The summed E-state index contributed by atoms with van der Waals surface area (Å²) in [6.45, 7) is 3.49. The number of carbonyl (C=O) groups excluding carboxylic acids is 1. The second-order valence-electron chi connectivity index (χ2n) is 6.29. The van der Waals surface area contributed by atoms with Gasteiger partial charge in [-0.15, -0.1) is 0 Å². The Bertz CT molecular complexity index is 1180. The van der Waals surface area contributed by atoms with E-state index in [0.717, 1.165) is 10.1 Å². The number of hydrogen-bond donors (Lipinski definition) is 1. The van der Waals surface area contributed by atoms with E-state index in [1.54, 1.807) is 43.3 Å². The van der Waals surface area contributed by atoms with Crippen molar-refractivity contribution in [2.75, 3.05) is 12.4 Å². The van der Waals surface area contributed by atoms with Gasteiger partial charge < -0.3 is 10.1 Å². The van der Waals surface area contributed by atoms with Gasteiger partial charge in [0, 0.05) is 17.6 Å². The van der Waals surface area contributed by atoms with Crippen LogP contribution in [-0.4, -0.2) is 22.2 Å². The van der Waals surface area contributed by atoms with Crippen LogP contribution in [0.2, 0.25) is 5.02 Å². The lowest BCUT2D eigenvalue weighted by molar-refractivity contribution is -0.116. The average Bonchev–Trinajstić information content (AvgIpc) is 2.68. The lowest BCUT2D eigenvalue weighted by Crippen LogP contribution is -2.41. The van der Waals surface area contributed by atoms with Gasteiger partial charge in [-0.2, -0.15) is 0 Å². The quantitative estimate of drug-likeness (QED) is 0.712. The predicted molar refractivity (Wildman–Crippen MR) is 110 cm³/mol. The highest BCUT2D eigenvalue weighted by Gasteiger charge is 2.16. The molecule has 3 rings (SSSR count). The van der Waals surface area contributed by atoms with Crippen molar-refractivity contribution in [1.82, 2.24) is 9.13 Å². The summed E-state index contributed by atoms with van der Waals surface area (Å²) in [6.07, 6.45) is 0. The Morgan fingerprint density at radius 3 is 2.57 bits per heavy atom. The standard InChI is InChI=1S/C20H20ClN3O4/c1-4-23-19(26)13-7-5-6-8-16(13)24(20(23)27)11-18(25)22-15-9-12(2)14(21)10-17(15)28-3/h5-10H,4,11H2,1-3H3,(H,22,25). The molecule has 0 unspecified atom stereocenters. The summed E-state index contributed by atoms with van der Waals surface area (Å²) in [7, 11) is 1.48. The zero-order valence-corrected chi connectivity index (χ0v) is 16.5. The minimum atomic E-state index is -0.527. The Morgan fingerprint density at radius 1 is 1.18 bits per heavy atom. The van der Waals surface area contributed by atoms with Crippen LogP contribution in [0.1, 0.15) is 12.5 Å². The normalized spacial score (nSPS) is 10.9. The number of aromatic nitrogens is 2. The molecule has 2 aromatic carbocycles. The van der Waals surface area contributed by atoms with E-state index in [1.165, 1.54) is 11.7 Å². The van der Waals surface area contributed by atoms with Gasteiger partial charge in [0.25, 0.3) is 5.56 Å². The molecule has 1 aromatic heterocycles. The Labute approximate surface area is 166 Å². The van der Waals surface area contributed by atoms with Gasteiger partial charge in [0.1, 0.15) is 12.3 Å². The molecule has 0 saturated heterocycles. The van der Waals surface area contributed by atoms with E-state index in [4.69, 9.17) is 16.3 Å². The van der Waals surface area contributed by atoms with Gasteiger partial charge >= 0.3 is 5.69 Å². The van der Waals surface area contributed by atoms with Gasteiger partial charge in [0.05, 0.1) is 23.7 Å². The molecule has 0 aliphatic carbocycles. The fourth-order valence-electron chi connectivity index (χ4n) is 3.07. The fraction of sp³-hybridized carbons (Fsp3) is 0.250. The van der Waals surface area contributed by atoms with Gasteiger partial charge in [-0.1, -0.05) is 23.7 Å².